The average molecular weight is 280 g/mol. The van der Waals surface area contributed by atoms with Crippen LogP contribution >= 0.6 is 0 Å². The molecule has 0 amide bonds. The van der Waals surface area contributed by atoms with Gasteiger partial charge in [0.25, 0.3) is 0 Å². The molecule has 0 saturated heterocycles. The van der Waals surface area contributed by atoms with Crippen LogP contribution in [-0.2, 0) is 6.61 Å². The number of hydrogen-bond donors (Lipinski definition) is 0. The molecule has 21 heavy (non-hydrogen) atoms. The Kier molecular flexibility index (Phi) is 3.87. The van der Waals surface area contributed by atoms with Crippen molar-refractivity contribution in [3.63, 3.8) is 0 Å². The van der Waals surface area contributed by atoms with Crippen molar-refractivity contribution in [2.24, 2.45) is 0 Å². The third kappa shape index (κ3) is 3.23. The van der Waals surface area contributed by atoms with Crippen LogP contribution in [0.1, 0.15) is 5.56 Å². The summed E-state index contributed by atoms with van der Waals surface area (Å²) >= 11 is 0. The highest BCUT2D eigenvalue weighted by Gasteiger charge is 2.00. The minimum Gasteiger partial charge on any atom is -0.497 e. The molecule has 4 nitrogen and oxygen atoms in total. The summed E-state index contributed by atoms with van der Waals surface area (Å²) in [6.07, 6.45) is 3.66. The maximum absolute atomic E-state index is 5.82. The third-order valence-electron chi connectivity index (χ3n) is 3.15. The van der Waals surface area contributed by atoms with E-state index >= 15 is 0 Å². The molecule has 0 unspecified atom stereocenters. The molecule has 0 N–H and O–H groups in total. The summed E-state index contributed by atoms with van der Waals surface area (Å²) in [7, 11) is 1.66. The first-order valence-electron chi connectivity index (χ1n) is 6.71. The van der Waals surface area contributed by atoms with Crippen LogP contribution in [0, 0.1) is 0 Å². The molecule has 1 aromatic heterocycles. The van der Waals surface area contributed by atoms with Gasteiger partial charge in [0.05, 0.1) is 12.8 Å². The van der Waals surface area contributed by atoms with E-state index in [2.05, 4.69) is 5.10 Å². The molecule has 4 heteroatoms. The van der Waals surface area contributed by atoms with Gasteiger partial charge in [-0.3, -0.25) is 0 Å². The Morgan fingerprint density at radius 1 is 1.00 bits per heavy atom. The lowest BCUT2D eigenvalue weighted by molar-refractivity contribution is 0.306. The van der Waals surface area contributed by atoms with Crippen molar-refractivity contribution in [2.75, 3.05) is 7.11 Å². The van der Waals surface area contributed by atoms with E-state index in [1.807, 2.05) is 60.8 Å². The van der Waals surface area contributed by atoms with E-state index < -0.39 is 0 Å². The molecule has 0 bridgehead atoms. The van der Waals surface area contributed by atoms with Crippen LogP contribution in [0.2, 0.25) is 0 Å². The van der Waals surface area contributed by atoms with Crippen LogP contribution in [0.5, 0.6) is 11.5 Å². The van der Waals surface area contributed by atoms with Crippen LogP contribution in [0.4, 0.5) is 0 Å². The van der Waals surface area contributed by atoms with E-state index in [0.717, 1.165) is 22.7 Å². The molecule has 0 aliphatic carbocycles. The average Bonchev–Trinajstić information content (AvgIpc) is 3.08. The van der Waals surface area contributed by atoms with E-state index in [1.165, 1.54) is 0 Å². The maximum Gasteiger partial charge on any atom is 0.121 e. The van der Waals surface area contributed by atoms with Crippen molar-refractivity contribution in [2.45, 2.75) is 6.61 Å². The fourth-order valence-corrected chi connectivity index (χ4v) is 2.03. The first-order valence-corrected chi connectivity index (χ1v) is 6.71. The van der Waals surface area contributed by atoms with Gasteiger partial charge in [-0.05, 0) is 35.9 Å². The first kappa shape index (κ1) is 13.2. The predicted octanol–water partition coefficient (Wildman–Crippen LogP) is 3.46. The Labute approximate surface area is 123 Å². The van der Waals surface area contributed by atoms with E-state index in [9.17, 15) is 0 Å². The molecule has 0 atom stereocenters. The summed E-state index contributed by atoms with van der Waals surface area (Å²) in [5.41, 5.74) is 2.08. The molecule has 0 saturated carbocycles. The standard InChI is InChI=1S/C17H16N2O2/c1-20-16-8-6-14(7-9-16)13-21-17-5-2-4-15(12-17)19-11-3-10-18-19/h2-12H,13H2,1H3. The number of benzene rings is 2. The van der Waals surface area contributed by atoms with Crippen LogP contribution in [-0.4, -0.2) is 16.9 Å². The molecule has 3 aromatic rings. The number of rotatable bonds is 5. The fourth-order valence-electron chi connectivity index (χ4n) is 2.03. The lowest BCUT2D eigenvalue weighted by Crippen LogP contribution is -1.98. The van der Waals surface area contributed by atoms with Gasteiger partial charge >= 0.3 is 0 Å². The minimum absolute atomic E-state index is 0.520. The molecule has 0 radical (unpaired) electrons. The monoisotopic (exact) mass is 280 g/mol. The van der Waals surface area contributed by atoms with Gasteiger partial charge in [-0.1, -0.05) is 18.2 Å². The normalized spacial score (nSPS) is 10.3. The van der Waals surface area contributed by atoms with Gasteiger partial charge in [0, 0.05) is 18.5 Å². The highest BCUT2D eigenvalue weighted by Crippen LogP contribution is 2.18. The fraction of sp³-hybridized carbons (Fsp3) is 0.118. The third-order valence-corrected chi connectivity index (χ3v) is 3.15. The molecule has 3 rings (SSSR count). The molecule has 1 heterocycles. The zero-order chi connectivity index (χ0) is 14.5. The topological polar surface area (TPSA) is 36.3 Å². The second-order valence-corrected chi connectivity index (χ2v) is 4.58. The summed E-state index contributed by atoms with van der Waals surface area (Å²) < 4.78 is 12.8. The highest BCUT2D eigenvalue weighted by atomic mass is 16.5. The summed E-state index contributed by atoms with van der Waals surface area (Å²) in [4.78, 5) is 0. The van der Waals surface area contributed by atoms with E-state index in [1.54, 1.807) is 18.0 Å². The van der Waals surface area contributed by atoms with Gasteiger partial charge in [0.15, 0.2) is 0 Å². The largest absolute Gasteiger partial charge is 0.497 e. The number of methoxy groups -OCH3 is 1. The van der Waals surface area contributed by atoms with Crippen LogP contribution in [0.3, 0.4) is 0 Å². The number of aromatic nitrogens is 2. The van der Waals surface area contributed by atoms with Gasteiger partial charge < -0.3 is 9.47 Å². The lowest BCUT2D eigenvalue weighted by atomic mass is 10.2. The molecular formula is C17H16N2O2. The van der Waals surface area contributed by atoms with Gasteiger partial charge in [0.2, 0.25) is 0 Å². The minimum atomic E-state index is 0.520. The van der Waals surface area contributed by atoms with Crippen molar-refractivity contribution in [3.8, 4) is 17.2 Å². The molecule has 0 spiro atoms. The van der Waals surface area contributed by atoms with Crippen LogP contribution < -0.4 is 9.47 Å². The number of nitrogens with zero attached hydrogens (tertiary/aromatic N) is 2. The second kappa shape index (κ2) is 6.13. The Morgan fingerprint density at radius 2 is 1.86 bits per heavy atom. The smallest absolute Gasteiger partial charge is 0.121 e. The molecular weight excluding hydrogens is 264 g/mol. The molecule has 0 fully saturated rings. The summed E-state index contributed by atoms with van der Waals surface area (Å²) in [5.74, 6) is 1.67. The second-order valence-electron chi connectivity index (χ2n) is 4.58. The van der Waals surface area contributed by atoms with E-state index in [-0.39, 0.29) is 0 Å². The number of ether oxygens (including phenoxy) is 2. The number of hydrogen-bond acceptors (Lipinski definition) is 3. The highest BCUT2D eigenvalue weighted by molar-refractivity contribution is 5.38. The van der Waals surface area contributed by atoms with Gasteiger partial charge in [-0.15, -0.1) is 0 Å². The Balaban J connectivity index is 1.68. The summed E-state index contributed by atoms with van der Waals surface area (Å²) in [6, 6.07) is 17.6. The molecule has 0 aliphatic heterocycles. The quantitative estimate of drug-likeness (QED) is 0.718. The SMILES string of the molecule is COc1ccc(COc2cccc(-n3cccn3)c2)cc1. The van der Waals surface area contributed by atoms with Crippen molar-refractivity contribution >= 4 is 0 Å². The zero-order valence-electron chi connectivity index (χ0n) is 11.8. The summed E-state index contributed by atoms with van der Waals surface area (Å²) in [6.45, 7) is 0.520. The van der Waals surface area contributed by atoms with Gasteiger partial charge in [-0.2, -0.15) is 5.10 Å². The molecule has 0 aliphatic rings. The van der Waals surface area contributed by atoms with Gasteiger partial charge in [-0.25, -0.2) is 4.68 Å². The maximum atomic E-state index is 5.82. The van der Waals surface area contributed by atoms with Crippen LogP contribution in [0.15, 0.2) is 67.0 Å². The van der Waals surface area contributed by atoms with Crippen molar-refractivity contribution in [1.29, 1.82) is 0 Å². The van der Waals surface area contributed by atoms with Crippen LogP contribution in [0.25, 0.3) is 5.69 Å². The molecule has 106 valence electrons. The van der Waals surface area contributed by atoms with E-state index in [4.69, 9.17) is 9.47 Å². The Morgan fingerprint density at radius 3 is 2.57 bits per heavy atom. The Bertz CT molecular complexity index is 691. The molecule has 2 aromatic carbocycles. The predicted molar refractivity (Wildman–Crippen MR) is 80.9 cm³/mol. The van der Waals surface area contributed by atoms with E-state index in [0.29, 0.717) is 6.61 Å². The van der Waals surface area contributed by atoms with Crippen molar-refractivity contribution in [1.82, 2.24) is 9.78 Å². The Hall–Kier alpha value is -2.75. The zero-order valence-corrected chi connectivity index (χ0v) is 11.8. The first-order chi connectivity index (χ1) is 10.3. The van der Waals surface area contributed by atoms with Gasteiger partial charge in [0.1, 0.15) is 18.1 Å². The lowest BCUT2D eigenvalue weighted by Gasteiger charge is -2.09. The van der Waals surface area contributed by atoms with Crippen molar-refractivity contribution < 1.29 is 9.47 Å². The summed E-state index contributed by atoms with van der Waals surface area (Å²) in [5, 5.41) is 4.21. The van der Waals surface area contributed by atoms with Crippen molar-refractivity contribution in [3.05, 3.63) is 72.6 Å².